The maximum absolute atomic E-state index is 13.3. The van der Waals surface area contributed by atoms with Crippen LogP contribution in [0.4, 0.5) is 5.69 Å². The molecule has 3 aromatic rings. The molecule has 0 aromatic heterocycles. The highest BCUT2D eigenvalue weighted by Crippen LogP contribution is 2.27. The van der Waals surface area contributed by atoms with Crippen LogP contribution in [0.1, 0.15) is 27.0 Å². The van der Waals surface area contributed by atoms with Crippen LogP contribution in [-0.2, 0) is 6.61 Å². The average molecular weight is 461 g/mol. The molecule has 0 radical (unpaired) electrons. The molecule has 3 aromatic carbocycles. The first kappa shape index (κ1) is 23.5. The van der Waals surface area contributed by atoms with Gasteiger partial charge in [-0.15, -0.1) is 0 Å². The fraction of sp³-hybridized carbons (Fsp3) is 0.321. The van der Waals surface area contributed by atoms with Gasteiger partial charge in [-0.25, -0.2) is 0 Å². The fourth-order valence-electron chi connectivity index (χ4n) is 4.29. The van der Waals surface area contributed by atoms with Gasteiger partial charge < -0.3 is 24.0 Å². The molecular weight excluding hydrogens is 428 g/mol. The monoisotopic (exact) mass is 460 g/mol. The first-order valence-corrected chi connectivity index (χ1v) is 11.5. The minimum atomic E-state index is 0.0332. The zero-order chi connectivity index (χ0) is 24.1. The molecule has 0 atom stereocenters. The SMILES string of the molecule is COc1cccc(OCc2cc(C(=O)N3CCN(c4cccc(C)c4C)CC3)ccc2OC)c1. The van der Waals surface area contributed by atoms with Gasteiger partial charge in [0.05, 0.1) is 14.2 Å². The van der Waals surface area contributed by atoms with Crippen LogP contribution in [0.2, 0.25) is 0 Å². The van der Waals surface area contributed by atoms with Crippen molar-refractivity contribution in [3.63, 3.8) is 0 Å². The van der Waals surface area contributed by atoms with Crippen molar-refractivity contribution in [2.24, 2.45) is 0 Å². The molecule has 6 heteroatoms. The molecule has 1 fully saturated rings. The predicted molar refractivity (Wildman–Crippen MR) is 134 cm³/mol. The quantitative estimate of drug-likeness (QED) is 0.504. The third kappa shape index (κ3) is 5.11. The molecule has 1 heterocycles. The fourth-order valence-corrected chi connectivity index (χ4v) is 4.29. The molecule has 1 amide bonds. The first-order chi connectivity index (χ1) is 16.5. The topological polar surface area (TPSA) is 51.2 Å². The van der Waals surface area contributed by atoms with E-state index in [1.165, 1.54) is 16.8 Å². The van der Waals surface area contributed by atoms with Gasteiger partial charge in [0.2, 0.25) is 0 Å². The number of hydrogen-bond acceptors (Lipinski definition) is 5. The van der Waals surface area contributed by atoms with E-state index in [1.807, 2.05) is 47.4 Å². The zero-order valence-electron chi connectivity index (χ0n) is 20.3. The minimum absolute atomic E-state index is 0.0332. The van der Waals surface area contributed by atoms with Crippen LogP contribution >= 0.6 is 0 Å². The second-order valence-corrected chi connectivity index (χ2v) is 8.49. The van der Waals surface area contributed by atoms with Crippen LogP contribution in [0, 0.1) is 13.8 Å². The van der Waals surface area contributed by atoms with Crippen molar-refractivity contribution < 1.29 is 19.0 Å². The molecule has 0 aliphatic carbocycles. The number of piperazine rings is 1. The molecule has 4 rings (SSSR count). The molecule has 1 aliphatic rings. The van der Waals surface area contributed by atoms with Gasteiger partial charge in [-0.3, -0.25) is 4.79 Å². The number of rotatable bonds is 7. The van der Waals surface area contributed by atoms with Gasteiger partial charge in [0.1, 0.15) is 23.9 Å². The van der Waals surface area contributed by atoms with Crippen LogP contribution in [0.5, 0.6) is 17.2 Å². The lowest BCUT2D eigenvalue weighted by atomic mass is 10.1. The van der Waals surface area contributed by atoms with Gasteiger partial charge >= 0.3 is 0 Å². The summed E-state index contributed by atoms with van der Waals surface area (Å²) >= 11 is 0. The molecule has 178 valence electrons. The van der Waals surface area contributed by atoms with E-state index in [1.54, 1.807) is 14.2 Å². The number of aryl methyl sites for hydroxylation is 1. The van der Waals surface area contributed by atoms with Crippen molar-refractivity contribution in [1.29, 1.82) is 0 Å². The lowest BCUT2D eigenvalue weighted by Gasteiger charge is -2.37. The summed E-state index contributed by atoms with van der Waals surface area (Å²) in [6.45, 7) is 7.60. The highest BCUT2D eigenvalue weighted by molar-refractivity contribution is 5.94. The normalized spacial score (nSPS) is 13.5. The molecule has 0 N–H and O–H groups in total. The third-order valence-corrected chi connectivity index (χ3v) is 6.45. The Bertz CT molecular complexity index is 1150. The highest BCUT2D eigenvalue weighted by atomic mass is 16.5. The number of carbonyl (C=O) groups excluding carboxylic acids is 1. The molecule has 1 aliphatic heterocycles. The summed E-state index contributed by atoms with van der Waals surface area (Å²) < 4.78 is 16.7. The van der Waals surface area contributed by atoms with Gasteiger partial charge in [0, 0.05) is 49.1 Å². The molecule has 0 unspecified atom stereocenters. The standard InChI is InChI=1S/C28H32N2O4/c1-20-7-5-10-26(21(20)2)29-13-15-30(16-14-29)28(31)22-11-12-27(33-4)23(17-22)19-34-25-9-6-8-24(18-25)32-3/h5-12,17-18H,13-16,19H2,1-4H3. The second-order valence-electron chi connectivity index (χ2n) is 8.49. The predicted octanol–water partition coefficient (Wildman–Crippen LogP) is 4.86. The third-order valence-electron chi connectivity index (χ3n) is 6.45. The summed E-state index contributed by atoms with van der Waals surface area (Å²) in [7, 11) is 3.25. The number of methoxy groups -OCH3 is 2. The van der Waals surface area contributed by atoms with E-state index in [9.17, 15) is 4.79 Å². The van der Waals surface area contributed by atoms with Gasteiger partial charge in [0.15, 0.2) is 0 Å². The summed E-state index contributed by atoms with van der Waals surface area (Å²) in [4.78, 5) is 17.6. The molecule has 0 saturated carbocycles. The van der Waals surface area contributed by atoms with Gasteiger partial charge in [-0.1, -0.05) is 18.2 Å². The Kier molecular flexibility index (Phi) is 7.26. The number of amides is 1. The van der Waals surface area contributed by atoms with Gasteiger partial charge in [-0.05, 0) is 61.4 Å². The number of ether oxygens (including phenoxy) is 3. The lowest BCUT2D eigenvalue weighted by Crippen LogP contribution is -2.49. The number of carbonyl (C=O) groups is 1. The molecule has 34 heavy (non-hydrogen) atoms. The van der Waals surface area contributed by atoms with E-state index in [2.05, 4.69) is 36.9 Å². The lowest BCUT2D eigenvalue weighted by molar-refractivity contribution is 0.0746. The van der Waals surface area contributed by atoms with E-state index >= 15 is 0 Å². The average Bonchev–Trinajstić information content (AvgIpc) is 2.88. The summed E-state index contributed by atoms with van der Waals surface area (Å²) in [6.07, 6.45) is 0. The van der Waals surface area contributed by atoms with Crippen LogP contribution < -0.4 is 19.1 Å². The van der Waals surface area contributed by atoms with E-state index in [-0.39, 0.29) is 12.5 Å². The largest absolute Gasteiger partial charge is 0.497 e. The summed E-state index contributed by atoms with van der Waals surface area (Å²) in [5.74, 6) is 2.15. The molecule has 1 saturated heterocycles. The Morgan fingerprint density at radius 2 is 1.59 bits per heavy atom. The maximum Gasteiger partial charge on any atom is 0.253 e. The van der Waals surface area contributed by atoms with Crippen LogP contribution in [-0.4, -0.2) is 51.2 Å². The molecule has 0 bridgehead atoms. The Hall–Kier alpha value is -3.67. The number of nitrogens with zero attached hydrogens (tertiary/aromatic N) is 2. The summed E-state index contributed by atoms with van der Waals surface area (Å²) in [5.41, 5.74) is 5.32. The van der Waals surface area contributed by atoms with Crippen molar-refractivity contribution in [2.45, 2.75) is 20.5 Å². The van der Waals surface area contributed by atoms with Crippen molar-refractivity contribution in [1.82, 2.24) is 4.90 Å². The Morgan fingerprint density at radius 3 is 2.32 bits per heavy atom. The Balaban J connectivity index is 1.43. The molecule has 0 spiro atoms. The van der Waals surface area contributed by atoms with Crippen LogP contribution in [0.3, 0.4) is 0 Å². The van der Waals surface area contributed by atoms with Crippen molar-refractivity contribution in [3.05, 3.63) is 82.9 Å². The van der Waals surface area contributed by atoms with E-state index in [0.29, 0.717) is 30.2 Å². The Labute approximate surface area is 201 Å². The van der Waals surface area contributed by atoms with Gasteiger partial charge in [0.25, 0.3) is 5.91 Å². The maximum atomic E-state index is 13.3. The number of hydrogen-bond donors (Lipinski definition) is 0. The van der Waals surface area contributed by atoms with Crippen molar-refractivity contribution >= 4 is 11.6 Å². The van der Waals surface area contributed by atoms with Crippen molar-refractivity contribution in [3.8, 4) is 17.2 Å². The Morgan fingerprint density at radius 1 is 0.853 bits per heavy atom. The zero-order valence-corrected chi connectivity index (χ0v) is 20.3. The summed E-state index contributed by atoms with van der Waals surface area (Å²) in [6, 6.07) is 19.4. The van der Waals surface area contributed by atoms with Gasteiger partial charge in [-0.2, -0.15) is 0 Å². The minimum Gasteiger partial charge on any atom is -0.497 e. The molecular formula is C28H32N2O4. The van der Waals surface area contributed by atoms with E-state index in [4.69, 9.17) is 14.2 Å². The van der Waals surface area contributed by atoms with Crippen LogP contribution in [0.15, 0.2) is 60.7 Å². The van der Waals surface area contributed by atoms with Crippen LogP contribution in [0.25, 0.3) is 0 Å². The van der Waals surface area contributed by atoms with E-state index in [0.717, 1.165) is 24.4 Å². The second kappa shape index (κ2) is 10.5. The first-order valence-electron chi connectivity index (χ1n) is 11.5. The number of anilines is 1. The smallest absolute Gasteiger partial charge is 0.253 e. The van der Waals surface area contributed by atoms with E-state index < -0.39 is 0 Å². The highest BCUT2D eigenvalue weighted by Gasteiger charge is 2.24. The summed E-state index contributed by atoms with van der Waals surface area (Å²) in [5, 5.41) is 0. The molecule has 6 nitrogen and oxygen atoms in total. The van der Waals surface area contributed by atoms with Crippen molar-refractivity contribution in [2.75, 3.05) is 45.3 Å². The number of benzene rings is 3.